The van der Waals surface area contributed by atoms with Crippen LogP contribution in [0.5, 0.6) is 0 Å². The van der Waals surface area contributed by atoms with E-state index < -0.39 is 26.1 Å². The monoisotopic (exact) mass is 374 g/mol. The van der Waals surface area contributed by atoms with Gasteiger partial charge in [0, 0.05) is 6.04 Å². The fourth-order valence-electron chi connectivity index (χ4n) is 1.99. The molecule has 1 unspecified atom stereocenters. The van der Waals surface area contributed by atoms with Gasteiger partial charge in [0.1, 0.15) is 4.90 Å². The molecule has 3 N–H and O–H groups in total. The van der Waals surface area contributed by atoms with E-state index in [1.165, 1.54) is 30.3 Å². The molecule has 0 aromatic heterocycles. The SMILES string of the molecule is CC(NS(=O)(=O)c1ccccc1Cl)c1cccc(S(N)(=O)=O)c1. The lowest BCUT2D eigenvalue weighted by Gasteiger charge is -2.16. The minimum absolute atomic E-state index is 0.0453. The molecule has 1 atom stereocenters. The molecule has 2 aromatic carbocycles. The minimum Gasteiger partial charge on any atom is -0.225 e. The van der Waals surface area contributed by atoms with E-state index in [0.717, 1.165) is 0 Å². The van der Waals surface area contributed by atoms with E-state index in [1.807, 2.05) is 0 Å². The Kier molecular flexibility index (Phi) is 5.12. The van der Waals surface area contributed by atoms with Crippen LogP contribution < -0.4 is 9.86 Å². The van der Waals surface area contributed by atoms with Crippen LogP contribution in [0.2, 0.25) is 5.02 Å². The Hall–Kier alpha value is -1.45. The van der Waals surface area contributed by atoms with E-state index in [2.05, 4.69) is 4.72 Å². The van der Waals surface area contributed by atoms with Crippen molar-refractivity contribution in [3.8, 4) is 0 Å². The first-order valence-electron chi connectivity index (χ1n) is 6.51. The van der Waals surface area contributed by atoms with Crippen molar-refractivity contribution in [2.24, 2.45) is 5.14 Å². The smallest absolute Gasteiger partial charge is 0.225 e. The Morgan fingerprint density at radius 3 is 2.30 bits per heavy atom. The van der Waals surface area contributed by atoms with E-state index in [4.69, 9.17) is 16.7 Å². The van der Waals surface area contributed by atoms with Gasteiger partial charge in [0.05, 0.1) is 9.92 Å². The van der Waals surface area contributed by atoms with Gasteiger partial charge in [-0.15, -0.1) is 0 Å². The lowest BCUT2D eigenvalue weighted by molar-refractivity contribution is 0.567. The number of primary sulfonamides is 1. The van der Waals surface area contributed by atoms with Gasteiger partial charge in [0.2, 0.25) is 20.0 Å². The Labute approximate surface area is 140 Å². The first kappa shape index (κ1) is 17.9. The fraction of sp³-hybridized carbons (Fsp3) is 0.143. The summed E-state index contributed by atoms with van der Waals surface area (Å²) in [7, 11) is -7.71. The van der Waals surface area contributed by atoms with Crippen molar-refractivity contribution >= 4 is 31.6 Å². The Balaban J connectivity index is 2.32. The van der Waals surface area contributed by atoms with Gasteiger partial charge < -0.3 is 0 Å². The quantitative estimate of drug-likeness (QED) is 0.834. The highest BCUT2D eigenvalue weighted by Crippen LogP contribution is 2.23. The second-order valence-corrected chi connectivity index (χ2v) is 8.54. The number of nitrogens with one attached hydrogen (secondary N) is 1. The molecule has 2 aromatic rings. The van der Waals surface area contributed by atoms with Crippen molar-refractivity contribution in [3.63, 3.8) is 0 Å². The van der Waals surface area contributed by atoms with Crippen molar-refractivity contribution in [3.05, 3.63) is 59.1 Å². The molecule has 2 rings (SSSR count). The number of sulfonamides is 2. The fourth-order valence-corrected chi connectivity index (χ4v) is 4.31. The molecule has 124 valence electrons. The van der Waals surface area contributed by atoms with Crippen LogP contribution in [0.1, 0.15) is 18.5 Å². The van der Waals surface area contributed by atoms with Gasteiger partial charge in [-0.2, -0.15) is 0 Å². The van der Waals surface area contributed by atoms with E-state index in [-0.39, 0.29) is 14.8 Å². The summed E-state index contributed by atoms with van der Waals surface area (Å²) in [6, 6.07) is 11.2. The van der Waals surface area contributed by atoms with Crippen LogP contribution in [0.4, 0.5) is 0 Å². The first-order valence-corrected chi connectivity index (χ1v) is 9.91. The van der Waals surface area contributed by atoms with Crippen LogP contribution in [0.15, 0.2) is 58.3 Å². The normalized spacial score (nSPS) is 13.7. The molecule has 0 aliphatic rings. The third kappa shape index (κ3) is 4.30. The standard InChI is InChI=1S/C14H15ClN2O4S2/c1-10(11-5-4-6-12(9-11)22(16,18)19)17-23(20,21)14-8-3-2-7-13(14)15/h2-10,17H,1H3,(H2,16,18,19). The van der Waals surface area contributed by atoms with E-state index in [0.29, 0.717) is 5.56 Å². The maximum atomic E-state index is 12.4. The van der Waals surface area contributed by atoms with Crippen LogP contribution in [0.25, 0.3) is 0 Å². The molecule has 0 aliphatic carbocycles. The molecule has 6 nitrogen and oxygen atoms in total. The predicted octanol–water partition coefficient (Wildman–Crippen LogP) is 2.03. The molecule has 0 saturated carbocycles. The summed E-state index contributed by atoms with van der Waals surface area (Å²) in [5.74, 6) is 0. The molecule has 0 bridgehead atoms. The Morgan fingerprint density at radius 2 is 1.70 bits per heavy atom. The highest BCUT2D eigenvalue weighted by atomic mass is 35.5. The van der Waals surface area contributed by atoms with Gasteiger partial charge in [-0.05, 0) is 36.8 Å². The molecular formula is C14H15ClN2O4S2. The summed E-state index contributed by atoms with van der Waals surface area (Å²) >= 11 is 5.91. The maximum absolute atomic E-state index is 12.4. The topological polar surface area (TPSA) is 106 Å². The highest BCUT2D eigenvalue weighted by molar-refractivity contribution is 7.89. The average molecular weight is 375 g/mol. The van der Waals surface area contributed by atoms with Crippen molar-refractivity contribution < 1.29 is 16.8 Å². The summed E-state index contributed by atoms with van der Waals surface area (Å²) < 4.78 is 50.0. The minimum atomic E-state index is -3.86. The number of rotatable bonds is 5. The van der Waals surface area contributed by atoms with Crippen molar-refractivity contribution in [2.75, 3.05) is 0 Å². The molecule has 0 spiro atoms. The molecule has 0 saturated heterocycles. The number of hydrogen-bond acceptors (Lipinski definition) is 4. The second-order valence-electron chi connectivity index (χ2n) is 4.89. The molecule has 0 heterocycles. The van der Waals surface area contributed by atoms with Crippen molar-refractivity contribution in [1.29, 1.82) is 0 Å². The van der Waals surface area contributed by atoms with Gasteiger partial charge in [-0.25, -0.2) is 26.7 Å². The van der Waals surface area contributed by atoms with Gasteiger partial charge >= 0.3 is 0 Å². The van der Waals surface area contributed by atoms with Crippen LogP contribution in [-0.2, 0) is 20.0 Å². The number of hydrogen-bond donors (Lipinski definition) is 2. The predicted molar refractivity (Wildman–Crippen MR) is 88.0 cm³/mol. The highest BCUT2D eigenvalue weighted by Gasteiger charge is 2.21. The maximum Gasteiger partial charge on any atom is 0.242 e. The number of halogens is 1. The lowest BCUT2D eigenvalue weighted by Crippen LogP contribution is -2.27. The molecule has 9 heteroatoms. The largest absolute Gasteiger partial charge is 0.242 e. The van der Waals surface area contributed by atoms with Crippen molar-refractivity contribution in [2.45, 2.75) is 22.8 Å². The average Bonchev–Trinajstić information content (AvgIpc) is 2.46. The summed E-state index contributed by atoms with van der Waals surface area (Å²) in [5, 5.41) is 5.18. The first-order chi connectivity index (χ1) is 10.6. The van der Waals surface area contributed by atoms with Crippen molar-refractivity contribution in [1.82, 2.24) is 4.72 Å². The van der Waals surface area contributed by atoms with Gasteiger partial charge in [0.25, 0.3) is 0 Å². The van der Waals surface area contributed by atoms with E-state index >= 15 is 0 Å². The molecule has 0 amide bonds. The summed E-state index contributed by atoms with van der Waals surface area (Å²) in [4.78, 5) is -0.130. The van der Waals surface area contributed by atoms with Gasteiger partial charge in [-0.1, -0.05) is 35.9 Å². The zero-order valence-corrected chi connectivity index (χ0v) is 14.5. The van der Waals surface area contributed by atoms with Gasteiger partial charge in [-0.3, -0.25) is 0 Å². The molecule has 0 aliphatic heterocycles. The molecule has 0 fully saturated rings. The Morgan fingerprint density at radius 1 is 1.04 bits per heavy atom. The van der Waals surface area contributed by atoms with Crippen LogP contribution in [0, 0.1) is 0 Å². The third-order valence-corrected chi connectivity index (χ3v) is 6.10. The summed E-state index contributed by atoms with van der Waals surface area (Å²) in [6.07, 6.45) is 0. The number of nitrogens with two attached hydrogens (primary N) is 1. The van der Waals surface area contributed by atoms with E-state index in [1.54, 1.807) is 25.1 Å². The van der Waals surface area contributed by atoms with E-state index in [9.17, 15) is 16.8 Å². The summed E-state index contributed by atoms with van der Waals surface area (Å²) in [6.45, 7) is 1.59. The van der Waals surface area contributed by atoms with Crippen LogP contribution in [0.3, 0.4) is 0 Å². The summed E-state index contributed by atoms with van der Waals surface area (Å²) in [5.41, 5.74) is 0.465. The van der Waals surface area contributed by atoms with Crippen LogP contribution in [-0.4, -0.2) is 16.8 Å². The molecule has 0 radical (unpaired) electrons. The second kappa shape index (κ2) is 6.58. The lowest BCUT2D eigenvalue weighted by atomic mass is 10.1. The number of benzene rings is 2. The third-order valence-electron chi connectivity index (χ3n) is 3.14. The zero-order valence-electron chi connectivity index (χ0n) is 12.1. The van der Waals surface area contributed by atoms with Crippen LogP contribution >= 0.6 is 11.6 Å². The molecular weight excluding hydrogens is 360 g/mol. The zero-order chi connectivity index (χ0) is 17.3. The Bertz CT molecular complexity index is 927. The molecule has 23 heavy (non-hydrogen) atoms. The van der Waals surface area contributed by atoms with Gasteiger partial charge in [0.15, 0.2) is 0 Å².